The number of nitrogens with two attached hydrogens (primary N) is 1. The van der Waals surface area contributed by atoms with Gasteiger partial charge in [-0.3, -0.25) is 10.1 Å². The second-order valence-electron chi connectivity index (χ2n) is 4.78. The molecule has 0 radical (unpaired) electrons. The van der Waals surface area contributed by atoms with Crippen LogP contribution < -0.4 is 9.92 Å². The average molecular weight is 322 g/mol. The first-order valence-corrected chi connectivity index (χ1v) is 7.67. The molecule has 0 amide bonds. The molecular formula is C14H14N2O5S. The first kappa shape index (κ1) is 15.8. The normalized spacial score (nSPS) is 11.2. The predicted octanol–water partition coefficient (Wildman–Crippen LogP) is 2.56. The van der Waals surface area contributed by atoms with E-state index in [-0.39, 0.29) is 16.3 Å². The molecule has 0 unspecified atom stereocenters. The topological polar surface area (TPSA) is 113 Å². The molecule has 8 heteroatoms. The van der Waals surface area contributed by atoms with Crippen molar-refractivity contribution in [3.05, 3.63) is 57.6 Å². The molecule has 0 saturated carbocycles. The van der Waals surface area contributed by atoms with Gasteiger partial charge in [-0.1, -0.05) is 17.7 Å². The van der Waals surface area contributed by atoms with Gasteiger partial charge in [0.05, 0.1) is 11.0 Å². The number of nitro benzene ring substituents is 1. The summed E-state index contributed by atoms with van der Waals surface area (Å²) in [5.74, 6) is -0.166. The highest BCUT2D eigenvalue weighted by Crippen LogP contribution is 2.29. The van der Waals surface area contributed by atoms with E-state index in [1.54, 1.807) is 19.1 Å². The monoisotopic (exact) mass is 322 g/mol. The molecule has 0 heterocycles. The van der Waals surface area contributed by atoms with Gasteiger partial charge in [0.2, 0.25) is 0 Å². The fourth-order valence-electron chi connectivity index (χ4n) is 1.98. The van der Waals surface area contributed by atoms with Crippen molar-refractivity contribution in [2.24, 2.45) is 0 Å². The van der Waals surface area contributed by atoms with E-state index in [0.717, 1.165) is 11.6 Å². The number of benzene rings is 2. The minimum absolute atomic E-state index is 0.0116. The van der Waals surface area contributed by atoms with Crippen molar-refractivity contribution >= 4 is 21.5 Å². The number of nitro groups is 1. The molecule has 0 saturated heterocycles. The van der Waals surface area contributed by atoms with Crippen LogP contribution in [0.5, 0.6) is 5.75 Å². The molecule has 0 fully saturated rings. The molecule has 0 aliphatic heterocycles. The zero-order chi connectivity index (χ0) is 16.5. The van der Waals surface area contributed by atoms with Crippen LogP contribution in [0, 0.1) is 24.0 Å². The minimum atomic E-state index is -4.08. The number of hydrogen-bond donors (Lipinski definition) is 1. The highest BCUT2D eigenvalue weighted by molar-refractivity contribution is 7.87. The van der Waals surface area contributed by atoms with Crippen LogP contribution in [-0.4, -0.2) is 13.3 Å². The van der Waals surface area contributed by atoms with Crippen molar-refractivity contribution in [1.29, 1.82) is 0 Å². The summed E-state index contributed by atoms with van der Waals surface area (Å²) in [7, 11) is -4.08. The summed E-state index contributed by atoms with van der Waals surface area (Å²) >= 11 is 0. The molecule has 0 aliphatic carbocycles. The Kier molecular flexibility index (Phi) is 4.05. The van der Waals surface area contributed by atoms with Gasteiger partial charge >= 0.3 is 10.1 Å². The maximum absolute atomic E-state index is 12.3. The molecular weight excluding hydrogens is 308 g/mol. The van der Waals surface area contributed by atoms with Crippen molar-refractivity contribution < 1.29 is 17.5 Å². The standard InChI is InChI=1S/C14H14N2O5S/c1-9-3-6-14(10(2)7-9)22(19,20)21-11-4-5-12(15)13(8-11)16(17)18/h3-8H,15H2,1-2H3. The lowest BCUT2D eigenvalue weighted by Crippen LogP contribution is -2.11. The first-order valence-electron chi connectivity index (χ1n) is 6.26. The Balaban J connectivity index is 2.41. The molecule has 0 bridgehead atoms. The molecule has 0 spiro atoms. The van der Waals surface area contributed by atoms with E-state index < -0.39 is 20.7 Å². The molecule has 116 valence electrons. The fourth-order valence-corrected chi connectivity index (χ4v) is 3.12. The Morgan fingerprint density at radius 2 is 1.82 bits per heavy atom. The van der Waals surface area contributed by atoms with Crippen LogP contribution in [0.2, 0.25) is 0 Å². The van der Waals surface area contributed by atoms with Gasteiger partial charge in [-0.05, 0) is 37.6 Å². The molecule has 22 heavy (non-hydrogen) atoms. The largest absolute Gasteiger partial charge is 0.393 e. The molecule has 2 N–H and O–H groups in total. The minimum Gasteiger partial charge on any atom is -0.393 e. The highest BCUT2D eigenvalue weighted by Gasteiger charge is 2.21. The third kappa shape index (κ3) is 3.17. The van der Waals surface area contributed by atoms with Crippen molar-refractivity contribution in [2.45, 2.75) is 18.7 Å². The lowest BCUT2D eigenvalue weighted by Gasteiger charge is -2.10. The van der Waals surface area contributed by atoms with E-state index in [9.17, 15) is 18.5 Å². The van der Waals surface area contributed by atoms with E-state index >= 15 is 0 Å². The third-order valence-electron chi connectivity index (χ3n) is 3.00. The Morgan fingerprint density at radius 3 is 2.41 bits per heavy atom. The number of hydrogen-bond acceptors (Lipinski definition) is 6. The van der Waals surface area contributed by atoms with Crippen LogP contribution in [0.1, 0.15) is 11.1 Å². The van der Waals surface area contributed by atoms with Crippen molar-refractivity contribution in [1.82, 2.24) is 0 Å². The zero-order valence-corrected chi connectivity index (χ0v) is 12.8. The Hall–Kier alpha value is -2.61. The number of nitrogen functional groups attached to an aromatic ring is 1. The second kappa shape index (κ2) is 5.64. The summed E-state index contributed by atoms with van der Waals surface area (Å²) in [5, 5.41) is 10.8. The van der Waals surface area contributed by atoms with Crippen LogP contribution in [-0.2, 0) is 10.1 Å². The summed E-state index contributed by atoms with van der Waals surface area (Å²) in [5.41, 5.74) is 6.43. The predicted molar refractivity (Wildman–Crippen MR) is 81.2 cm³/mol. The molecule has 0 atom stereocenters. The van der Waals surface area contributed by atoms with Crippen LogP contribution in [0.25, 0.3) is 0 Å². The van der Waals surface area contributed by atoms with Crippen LogP contribution in [0.4, 0.5) is 11.4 Å². The quantitative estimate of drug-likeness (QED) is 0.400. The average Bonchev–Trinajstić information content (AvgIpc) is 2.39. The van der Waals surface area contributed by atoms with Gasteiger partial charge in [-0.25, -0.2) is 0 Å². The lowest BCUT2D eigenvalue weighted by molar-refractivity contribution is -0.383. The van der Waals surface area contributed by atoms with Crippen molar-refractivity contribution in [3.63, 3.8) is 0 Å². The molecule has 0 aliphatic rings. The molecule has 2 aromatic rings. The summed E-state index contributed by atoms with van der Waals surface area (Å²) < 4.78 is 29.5. The molecule has 2 aromatic carbocycles. The van der Waals surface area contributed by atoms with Gasteiger partial charge < -0.3 is 9.92 Å². The van der Waals surface area contributed by atoms with E-state index in [1.165, 1.54) is 18.2 Å². The van der Waals surface area contributed by atoms with Crippen LogP contribution in [0.15, 0.2) is 41.3 Å². The third-order valence-corrected chi connectivity index (χ3v) is 4.41. The van der Waals surface area contributed by atoms with Gasteiger partial charge in [0.15, 0.2) is 0 Å². The van der Waals surface area contributed by atoms with E-state index in [2.05, 4.69) is 0 Å². The fraction of sp³-hybridized carbons (Fsp3) is 0.143. The Morgan fingerprint density at radius 1 is 1.14 bits per heavy atom. The van der Waals surface area contributed by atoms with Crippen LogP contribution in [0.3, 0.4) is 0 Å². The van der Waals surface area contributed by atoms with Gasteiger partial charge in [0.1, 0.15) is 16.3 Å². The number of nitrogens with zero attached hydrogens (tertiary/aromatic N) is 1. The number of aryl methyl sites for hydroxylation is 2. The van der Waals surface area contributed by atoms with E-state index in [4.69, 9.17) is 9.92 Å². The maximum atomic E-state index is 12.3. The Bertz CT molecular complexity index is 846. The summed E-state index contributed by atoms with van der Waals surface area (Å²) in [6.45, 7) is 3.49. The molecule has 0 aromatic heterocycles. The van der Waals surface area contributed by atoms with E-state index in [0.29, 0.717) is 5.56 Å². The smallest absolute Gasteiger partial charge is 0.339 e. The maximum Gasteiger partial charge on any atom is 0.339 e. The SMILES string of the molecule is Cc1ccc(S(=O)(=O)Oc2ccc(N)c([N+](=O)[O-])c2)c(C)c1. The summed E-state index contributed by atoms with van der Waals surface area (Å²) in [6, 6.07) is 8.27. The highest BCUT2D eigenvalue weighted by atomic mass is 32.2. The van der Waals surface area contributed by atoms with Crippen LogP contribution >= 0.6 is 0 Å². The zero-order valence-electron chi connectivity index (χ0n) is 11.9. The van der Waals surface area contributed by atoms with Gasteiger partial charge in [0.25, 0.3) is 5.69 Å². The molecule has 7 nitrogen and oxygen atoms in total. The second-order valence-corrected chi connectivity index (χ2v) is 6.30. The van der Waals surface area contributed by atoms with E-state index in [1.807, 2.05) is 6.92 Å². The van der Waals surface area contributed by atoms with Gasteiger partial charge in [0, 0.05) is 0 Å². The first-order chi connectivity index (χ1) is 10.2. The summed E-state index contributed by atoms with van der Waals surface area (Å²) in [6.07, 6.45) is 0. The van der Waals surface area contributed by atoms with Crippen molar-refractivity contribution in [3.8, 4) is 5.75 Å². The molecule has 2 rings (SSSR count). The number of rotatable bonds is 4. The lowest BCUT2D eigenvalue weighted by atomic mass is 10.2. The van der Waals surface area contributed by atoms with Gasteiger partial charge in [-0.2, -0.15) is 8.42 Å². The number of anilines is 1. The van der Waals surface area contributed by atoms with Gasteiger partial charge in [-0.15, -0.1) is 0 Å². The van der Waals surface area contributed by atoms with Crippen molar-refractivity contribution in [2.75, 3.05) is 5.73 Å². The summed E-state index contributed by atoms with van der Waals surface area (Å²) in [4.78, 5) is 10.1. The Labute approximate surface area is 127 Å².